The lowest BCUT2D eigenvalue weighted by Crippen LogP contribution is -2.36. The normalized spacial score (nSPS) is 27.9. The van der Waals surface area contributed by atoms with Crippen LogP contribution in [-0.2, 0) is 14.6 Å². The van der Waals surface area contributed by atoms with Crippen LogP contribution < -0.4 is 0 Å². The van der Waals surface area contributed by atoms with Gasteiger partial charge in [0.25, 0.3) is 0 Å². The van der Waals surface area contributed by atoms with Crippen LogP contribution in [0.15, 0.2) is 0 Å². The van der Waals surface area contributed by atoms with E-state index in [9.17, 15) is 26.4 Å². The summed E-state index contributed by atoms with van der Waals surface area (Å²) in [4.78, 5) is 10.8. The van der Waals surface area contributed by atoms with Crippen LogP contribution in [0.3, 0.4) is 0 Å². The number of ketones is 1. The van der Waals surface area contributed by atoms with Gasteiger partial charge in [-0.15, -0.1) is 0 Å². The zero-order chi connectivity index (χ0) is 12.8. The minimum Gasteiger partial charge on any atom is -0.290 e. The van der Waals surface area contributed by atoms with Crippen molar-refractivity contribution in [3.8, 4) is 0 Å². The molecule has 1 rings (SSSR count). The van der Waals surface area contributed by atoms with E-state index >= 15 is 0 Å². The maximum absolute atomic E-state index is 12.0. The highest BCUT2D eigenvalue weighted by molar-refractivity contribution is 7.93. The molecule has 1 aliphatic rings. The minimum absolute atomic E-state index is 0.122. The predicted octanol–water partition coefficient (Wildman–Crippen LogP) is 1.72. The largest absolute Gasteiger partial charge is 0.449 e. The van der Waals surface area contributed by atoms with Crippen molar-refractivity contribution in [2.75, 3.05) is 5.75 Å². The molecule has 0 aromatic carbocycles. The Balaban J connectivity index is 2.84. The van der Waals surface area contributed by atoms with Crippen LogP contribution in [0, 0.1) is 5.92 Å². The van der Waals surface area contributed by atoms with Crippen LogP contribution >= 0.6 is 0 Å². The molecular formula is C9H13F3O3S. The summed E-state index contributed by atoms with van der Waals surface area (Å²) in [5.41, 5.74) is 0. The molecule has 94 valence electrons. The molecule has 1 aliphatic heterocycles. The molecule has 0 aromatic rings. The number of carbonyl (C=O) groups is 1. The van der Waals surface area contributed by atoms with Gasteiger partial charge >= 0.3 is 6.18 Å². The van der Waals surface area contributed by atoms with Crippen LogP contribution in [0.1, 0.15) is 26.7 Å². The first kappa shape index (κ1) is 13.5. The molecule has 0 radical (unpaired) electrons. The van der Waals surface area contributed by atoms with Gasteiger partial charge in [-0.25, -0.2) is 8.42 Å². The zero-order valence-electron chi connectivity index (χ0n) is 8.97. The highest BCUT2D eigenvalue weighted by Crippen LogP contribution is 2.40. The van der Waals surface area contributed by atoms with E-state index in [1.165, 1.54) is 13.8 Å². The van der Waals surface area contributed by atoms with Crippen molar-refractivity contribution >= 4 is 15.6 Å². The first-order valence-corrected chi connectivity index (χ1v) is 6.46. The molecule has 0 bridgehead atoms. The van der Waals surface area contributed by atoms with E-state index in [1.807, 2.05) is 0 Å². The third-order valence-electron chi connectivity index (χ3n) is 3.27. The second-order valence-electron chi connectivity index (χ2n) is 4.53. The molecule has 1 unspecified atom stereocenters. The van der Waals surface area contributed by atoms with Gasteiger partial charge in [-0.05, 0) is 26.2 Å². The Morgan fingerprint density at radius 3 is 2.19 bits per heavy atom. The van der Waals surface area contributed by atoms with Crippen molar-refractivity contribution in [1.29, 1.82) is 0 Å². The van der Waals surface area contributed by atoms with E-state index in [0.29, 0.717) is 0 Å². The van der Waals surface area contributed by atoms with Gasteiger partial charge in [-0.2, -0.15) is 13.2 Å². The van der Waals surface area contributed by atoms with Crippen LogP contribution in [0.5, 0.6) is 0 Å². The fourth-order valence-electron chi connectivity index (χ4n) is 1.85. The minimum atomic E-state index is -4.87. The lowest BCUT2D eigenvalue weighted by atomic mass is 9.88. The molecule has 16 heavy (non-hydrogen) atoms. The van der Waals surface area contributed by atoms with Gasteiger partial charge in [0, 0.05) is 6.42 Å². The third-order valence-corrected chi connectivity index (χ3v) is 5.98. The van der Waals surface area contributed by atoms with E-state index in [2.05, 4.69) is 0 Å². The van der Waals surface area contributed by atoms with Gasteiger partial charge in [0.05, 0.1) is 10.5 Å². The third kappa shape index (κ3) is 2.23. The summed E-state index contributed by atoms with van der Waals surface area (Å²) in [6.07, 6.45) is -5.49. The molecule has 0 N–H and O–H groups in total. The molecule has 1 fully saturated rings. The number of halogens is 3. The maximum Gasteiger partial charge on any atom is 0.449 e. The smallest absolute Gasteiger partial charge is 0.290 e. The van der Waals surface area contributed by atoms with Crippen LogP contribution in [0.4, 0.5) is 13.2 Å². The number of carbonyl (C=O) groups excluding carboxylic acids is 1. The summed E-state index contributed by atoms with van der Waals surface area (Å²) in [5, 5.41) is 0. The monoisotopic (exact) mass is 258 g/mol. The van der Waals surface area contributed by atoms with Gasteiger partial charge in [0.1, 0.15) is 0 Å². The first-order valence-electron chi connectivity index (χ1n) is 4.81. The average Bonchev–Trinajstić information content (AvgIpc) is 2.26. The molecule has 0 aromatic heterocycles. The molecule has 1 atom stereocenters. The van der Waals surface area contributed by atoms with Crippen LogP contribution in [-0.4, -0.2) is 30.9 Å². The summed E-state index contributed by atoms with van der Waals surface area (Å²) in [6.45, 7) is 2.76. The Kier molecular flexibility index (Phi) is 3.13. The number of hydrogen-bond acceptors (Lipinski definition) is 3. The number of Topliss-reactive ketones (excluding diaryl/α,β-unsaturated/α-hetero) is 1. The topological polar surface area (TPSA) is 51.2 Å². The van der Waals surface area contributed by atoms with E-state index in [1.54, 1.807) is 0 Å². The van der Waals surface area contributed by atoms with Crippen molar-refractivity contribution < 1.29 is 26.4 Å². The maximum atomic E-state index is 12.0. The highest BCUT2D eigenvalue weighted by atomic mass is 32.2. The van der Waals surface area contributed by atoms with E-state index in [0.717, 1.165) is 0 Å². The van der Waals surface area contributed by atoms with Crippen molar-refractivity contribution in [2.24, 2.45) is 5.92 Å². The number of alkyl halides is 3. The van der Waals surface area contributed by atoms with Gasteiger partial charge in [0.15, 0.2) is 9.84 Å². The highest BCUT2D eigenvalue weighted by Gasteiger charge is 2.50. The van der Waals surface area contributed by atoms with Gasteiger partial charge in [0.2, 0.25) is 5.78 Å². The van der Waals surface area contributed by atoms with Gasteiger partial charge < -0.3 is 0 Å². The fourth-order valence-corrected chi connectivity index (χ4v) is 3.68. The predicted molar refractivity (Wildman–Crippen MR) is 51.7 cm³/mol. The lowest BCUT2D eigenvalue weighted by Gasteiger charge is -2.25. The lowest BCUT2D eigenvalue weighted by molar-refractivity contribution is -0.172. The van der Waals surface area contributed by atoms with Crippen LogP contribution in [0.2, 0.25) is 0 Å². The molecule has 3 nitrogen and oxygen atoms in total. The Labute approximate surface area is 91.9 Å². The van der Waals surface area contributed by atoms with E-state index in [-0.39, 0.29) is 12.2 Å². The second-order valence-corrected chi connectivity index (χ2v) is 7.22. The van der Waals surface area contributed by atoms with Crippen molar-refractivity contribution in [2.45, 2.75) is 37.6 Å². The summed E-state index contributed by atoms with van der Waals surface area (Å²) >= 11 is 0. The molecule has 0 saturated carbocycles. The molecule has 7 heteroatoms. The molecule has 0 aliphatic carbocycles. The van der Waals surface area contributed by atoms with Gasteiger partial charge in [-0.3, -0.25) is 4.79 Å². The van der Waals surface area contributed by atoms with Gasteiger partial charge in [-0.1, -0.05) is 0 Å². The number of hydrogen-bond donors (Lipinski definition) is 0. The molecule has 0 spiro atoms. The Bertz CT molecular complexity index is 395. The number of rotatable bonds is 2. The van der Waals surface area contributed by atoms with Crippen LogP contribution in [0.25, 0.3) is 0 Å². The van der Waals surface area contributed by atoms with E-state index < -0.39 is 38.9 Å². The van der Waals surface area contributed by atoms with E-state index in [4.69, 9.17) is 0 Å². The summed E-state index contributed by atoms with van der Waals surface area (Å²) in [5.74, 6) is -2.73. The van der Waals surface area contributed by atoms with Crippen molar-refractivity contribution in [3.63, 3.8) is 0 Å². The standard InChI is InChI=1S/C9H13F3O3S/c1-8(2)6(3-4-16(8,14)15)5-7(13)9(10,11)12/h6H,3-5H2,1-2H3. The SMILES string of the molecule is CC1(C)C(CC(=O)C(F)(F)F)CCS1(=O)=O. The zero-order valence-corrected chi connectivity index (χ0v) is 9.78. The molecule has 0 amide bonds. The number of sulfone groups is 1. The first-order chi connectivity index (χ1) is 6.98. The molecule has 1 saturated heterocycles. The quantitative estimate of drug-likeness (QED) is 0.757. The van der Waals surface area contributed by atoms with Crippen molar-refractivity contribution in [3.05, 3.63) is 0 Å². The Hall–Kier alpha value is -0.590. The molecular weight excluding hydrogens is 245 g/mol. The molecule has 1 heterocycles. The van der Waals surface area contributed by atoms with Crippen molar-refractivity contribution in [1.82, 2.24) is 0 Å². The summed E-state index contributed by atoms with van der Waals surface area (Å²) < 4.78 is 58.0. The Morgan fingerprint density at radius 2 is 1.88 bits per heavy atom. The second kappa shape index (κ2) is 3.72. The summed E-state index contributed by atoms with van der Waals surface area (Å²) in [6, 6.07) is 0. The average molecular weight is 258 g/mol. The summed E-state index contributed by atoms with van der Waals surface area (Å²) in [7, 11) is -3.38. The fraction of sp³-hybridized carbons (Fsp3) is 0.889. The Morgan fingerprint density at radius 1 is 1.38 bits per heavy atom.